The molecule has 0 spiro atoms. The Balaban J connectivity index is 1.67. The molecule has 0 atom stereocenters. The van der Waals surface area contributed by atoms with Gasteiger partial charge in [0.25, 0.3) is 0 Å². The second kappa shape index (κ2) is 9.25. The molecule has 3 heterocycles. The summed E-state index contributed by atoms with van der Waals surface area (Å²) in [5, 5.41) is 7.85. The average molecular weight is 509 g/mol. The molecule has 2 aromatic carbocycles. The van der Waals surface area contributed by atoms with Crippen molar-refractivity contribution in [2.24, 2.45) is 0 Å². The van der Waals surface area contributed by atoms with Gasteiger partial charge in [-0.3, -0.25) is 4.72 Å². The maximum absolute atomic E-state index is 11.7. The van der Waals surface area contributed by atoms with Crippen molar-refractivity contribution in [2.45, 2.75) is 0 Å². The van der Waals surface area contributed by atoms with Crippen molar-refractivity contribution in [1.29, 1.82) is 5.41 Å². The third-order valence-corrected chi connectivity index (χ3v) is 7.42. The van der Waals surface area contributed by atoms with Gasteiger partial charge in [-0.05, 0) is 29.8 Å². The van der Waals surface area contributed by atoms with E-state index in [1.165, 1.54) is 6.21 Å². The minimum absolute atomic E-state index is 0.496. The number of nitrogen functional groups attached to an aromatic ring is 1. The fourth-order valence-electron chi connectivity index (χ4n) is 4.06. The van der Waals surface area contributed by atoms with Crippen molar-refractivity contribution in [3.05, 3.63) is 54.1 Å². The number of nitrogens with zero attached hydrogens (tertiary/aromatic N) is 3. The summed E-state index contributed by atoms with van der Waals surface area (Å²) in [6.07, 6.45) is 2.36. The van der Waals surface area contributed by atoms with E-state index in [0.717, 1.165) is 32.7 Å². The van der Waals surface area contributed by atoms with Gasteiger partial charge < -0.3 is 20.8 Å². The number of nitrogens with two attached hydrogens (primary N) is 1. The molecular formula is C24H24N6O3S2. The molecule has 4 N–H and O–H groups in total. The lowest BCUT2D eigenvalue weighted by Crippen LogP contribution is -2.36. The number of thiophene rings is 1. The summed E-state index contributed by atoms with van der Waals surface area (Å²) in [5.74, 6) is 1.31. The molecule has 11 heteroatoms. The summed E-state index contributed by atoms with van der Waals surface area (Å²) in [5.41, 5.74) is 10.0. The number of aromatic nitrogens is 2. The fourth-order valence-corrected chi connectivity index (χ4v) is 5.72. The minimum atomic E-state index is -3.38. The highest BCUT2D eigenvalue weighted by atomic mass is 32.2. The number of morpholine rings is 1. The molecule has 35 heavy (non-hydrogen) atoms. The Bertz CT molecular complexity index is 1530. The number of nitrogens with one attached hydrogen (secondary N) is 2. The molecule has 0 radical (unpaired) electrons. The van der Waals surface area contributed by atoms with Crippen LogP contribution in [0.5, 0.6) is 0 Å². The number of anilines is 3. The number of hydrogen-bond donors (Lipinski definition) is 3. The first kappa shape index (κ1) is 23.2. The van der Waals surface area contributed by atoms with Crippen LogP contribution in [0.15, 0.2) is 48.5 Å². The molecule has 0 bridgehead atoms. The van der Waals surface area contributed by atoms with E-state index in [9.17, 15) is 8.42 Å². The van der Waals surface area contributed by atoms with E-state index in [1.807, 2.05) is 30.3 Å². The van der Waals surface area contributed by atoms with Gasteiger partial charge in [-0.15, -0.1) is 11.3 Å². The Kier molecular flexibility index (Phi) is 6.13. The first-order valence-corrected chi connectivity index (χ1v) is 13.6. The molecule has 4 aromatic rings. The lowest BCUT2D eigenvalue weighted by atomic mass is 10.1. The number of hydrogen-bond acceptors (Lipinski definition) is 9. The molecule has 0 saturated carbocycles. The highest BCUT2D eigenvalue weighted by Crippen LogP contribution is 2.40. The number of rotatable bonds is 6. The lowest BCUT2D eigenvalue weighted by Gasteiger charge is -2.28. The second-order valence-electron chi connectivity index (χ2n) is 8.20. The first-order chi connectivity index (χ1) is 16.8. The highest BCUT2D eigenvalue weighted by Gasteiger charge is 2.21. The fraction of sp³-hybridized carbons (Fsp3) is 0.208. The number of fused-ring (bicyclic) bond motifs is 1. The van der Waals surface area contributed by atoms with E-state index >= 15 is 0 Å². The predicted molar refractivity (Wildman–Crippen MR) is 142 cm³/mol. The Labute approximate surface area is 207 Å². The number of benzene rings is 2. The Morgan fingerprint density at radius 2 is 1.91 bits per heavy atom. The van der Waals surface area contributed by atoms with Crippen LogP contribution >= 0.6 is 11.3 Å². The summed E-state index contributed by atoms with van der Waals surface area (Å²) in [6, 6.07) is 14.7. The maximum Gasteiger partial charge on any atom is 0.229 e. The van der Waals surface area contributed by atoms with Crippen molar-refractivity contribution in [2.75, 3.05) is 47.9 Å². The van der Waals surface area contributed by atoms with Gasteiger partial charge in [0.15, 0.2) is 11.6 Å². The van der Waals surface area contributed by atoms with E-state index in [2.05, 4.69) is 9.62 Å². The monoisotopic (exact) mass is 508 g/mol. The zero-order valence-corrected chi connectivity index (χ0v) is 20.6. The van der Waals surface area contributed by atoms with Crippen LogP contribution in [0, 0.1) is 5.41 Å². The Morgan fingerprint density at radius 1 is 1.14 bits per heavy atom. The third kappa shape index (κ3) is 4.83. The van der Waals surface area contributed by atoms with Gasteiger partial charge in [-0.1, -0.05) is 24.3 Å². The van der Waals surface area contributed by atoms with Crippen LogP contribution in [-0.4, -0.2) is 57.2 Å². The molecule has 5 rings (SSSR count). The van der Waals surface area contributed by atoms with E-state index in [0.29, 0.717) is 54.6 Å². The minimum Gasteiger partial charge on any atom is -0.398 e. The molecule has 1 aliphatic rings. The summed E-state index contributed by atoms with van der Waals surface area (Å²) in [7, 11) is -3.38. The topological polar surface area (TPSA) is 134 Å². The van der Waals surface area contributed by atoms with Gasteiger partial charge >= 0.3 is 0 Å². The normalized spacial score (nSPS) is 14.3. The Hall–Kier alpha value is -3.54. The van der Waals surface area contributed by atoms with Gasteiger partial charge in [0.05, 0.1) is 29.7 Å². The Morgan fingerprint density at radius 3 is 2.66 bits per heavy atom. The van der Waals surface area contributed by atoms with Crippen LogP contribution in [0.3, 0.4) is 0 Å². The summed E-state index contributed by atoms with van der Waals surface area (Å²) < 4.78 is 32.4. The number of ether oxygens (including phenoxy) is 1. The van der Waals surface area contributed by atoms with Crippen LogP contribution < -0.4 is 15.4 Å². The molecule has 0 unspecified atom stereocenters. The van der Waals surface area contributed by atoms with E-state index in [1.54, 1.807) is 29.5 Å². The van der Waals surface area contributed by atoms with Crippen LogP contribution in [-0.2, 0) is 14.8 Å². The van der Waals surface area contributed by atoms with Crippen molar-refractivity contribution in [1.82, 2.24) is 9.97 Å². The third-order valence-electron chi connectivity index (χ3n) is 5.64. The van der Waals surface area contributed by atoms with Gasteiger partial charge in [-0.25, -0.2) is 18.4 Å². The quantitative estimate of drug-likeness (QED) is 0.266. The molecule has 1 fully saturated rings. The molecule has 180 valence electrons. The predicted octanol–water partition coefficient (Wildman–Crippen LogP) is 3.81. The highest BCUT2D eigenvalue weighted by molar-refractivity contribution is 7.92. The lowest BCUT2D eigenvalue weighted by molar-refractivity contribution is 0.122. The molecule has 9 nitrogen and oxygen atoms in total. The van der Waals surface area contributed by atoms with Gasteiger partial charge in [-0.2, -0.15) is 0 Å². The summed E-state index contributed by atoms with van der Waals surface area (Å²) >= 11 is 1.56. The number of sulfonamides is 1. The van der Waals surface area contributed by atoms with E-state index in [4.69, 9.17) is 25.8 Å². The van der Waals surface area contributed by atoms with Crippen molar-refractivity contribution in [3.63, 3.8) is 0 Å². The van der Waals surface area contributed by atoms with Crippen LogP contribution in [0.1, 0.15) is 5.56 Å². The molecule has 2 aromatic heterocycles. The van der Waals surface area contributed by atoms with Crippen LogP contribution in [0.25, 0.3) is 32.0 Å². The van der Waals surface area contributed by atoms with Crippen molar-refractivity contribution < 1.29 is 13.2 Å². The van der Waals surface area contributed by atoms with Gasteiger partial charge in [0.2, 0.25) is 10.0 Å². The SMILES string of the molecule is CS(=O)(=O)Nc1cccc(-c2cc3nc(-c4cccc(N)c4C=N)nc(N4CCOCC4)c3s2)c1. The zero-order chi connectivity index (χ0) is 24.6. The summed E-state index contributed by atoms with van der Waals surface area (Å²) in [4.78, 5) is 12.9. The molecule has 1 saturated heterocycles. The smallest absolute Gasteiger partial charge is 0.229 e. The van der Waals surface area contributed by atoms with E-state index in [-0.39, 0.29) is 0 Å². The first-order valence-electron chi connectivity index (χ1n) is 10.9. The van der Waals surface area contributed by atoms with Gasteiger partial charge in [0, 0.05) is 46.7 Å². The largest absolute Gasteiger partial charge is 0.398 e. The van der Waals surface area contributed by atoms with Crippen LogP contribution in [0.4, 0.5) is 17.2 Å². The summed E-state index contributed by atoms with van der Waals surface area (Å²) in [6.45, 7) is 2.65. The molecule has 0 amide bonds. The molecule has 1 aliphatic heterocycles. The van der Waals surface area contributed by atoms with E-state index < -0.39 is 10.0 Å². The standard InChI is InChI=1S/C24H24N6O3S2/c1-35(31,32)29-16-5-2-4-15(12-16)21-13-20-22(34-21)24(30-8-10-33-11-9-30)28-23(27-20)17-6-3-7-19(26)18(17)14-25/h2-7,12-14,25,29H,8-11,26H2,1H3. The van der Waals surface area contributed by atoms with Gasteiger partial charge in [0.1, 0.15) is 0 Å². The molecular weight excluding hydrogens is 484 g/mol. The maximum atomic E-state index is 11.7. The second-order valence-corrected chi connectivity index (χ2v) is 11.0. The van der Waals surface area contributed by atoms with Crippen LogP contribution in [0.2, 0.25) is 0 Å². The average Bonchev–Trinajstić information content (AvgIpc) is 3.27. The molecule has 0 aliphatic carbocycles. The van der Waals surface area contributed by atoms with Crippen molar-refractivity contribution >= 4 is 55.0 Å². The zero-order valence-electron chi connectivity index (χ0n) is 19.0. The van der Waals surface area contributed by atoms with Crippen molar-refractivity contribution in [3.8, 4) is 21.8 Å².